The van der Waals surface area contributed by atoms with Crippen LogP contribution in [0.25, 0.3) is 0 Å². The van der Waals surface area contributed by atoms with Crippen molar-refractivity contribution in [3.63, 3.8) is 0 Å². The molecule has 0 heterocycles. The van der Waals surface area contributed by atoms with Gasteiger partial charge >= 0.3 is 5.97 Å². The van der Waals surface area contributed by atoms with Gasteiger partial charge in [-0.05, 0) is 36.2 Å². The highest BCUT2D eigenvalue weighted by molar-refractivity contribution is 5.92. The molecule has 104 valence electrons. The van der Waals surface area contributed by atoms with Crippen LogP contribution in [0, 0.1) is 0 Å². The molecule has 2 aromatic carbocycles. The molecule has 0 saturated heterocycles. The zero-order valence-electron chi connectivity index (χ0n) is 10.8. The minimum absolute atomic E-state index is 0.0558. The lowest BCUT2D eigenvalue weighted by atomic mass is 10.1. The Kier molecular flexibility index (Phi) is 3.79. The third-order valence-corrected chi connectivity index (χ3v) is 2.82. The van der Waals surface area contributed by atoms with E-state index in [9.17, 15) is 20.1 Å². The molecule has 0 aromatic heterocycles. The van der Waals surface area contributed by atoms with Crippen LogP contribution in [0.5, 0.6) is 23.0 Å². The molecule has 3 N–H and O–H groups in total. The van der Waals surface area contributed by atoms with Gasteiger partial charge in [-0.3, -0.25) is 0 Å². The number of hydrogen-bond acceptors (Lipinski definition) is 5. The number of carbonyl (C=O) groups is 1. The second kappa shape index (κ2) is 5.52. The molecule has 0 amide bonds. The van der Waals surface area contributed by atoms with Crippen molar-refractivity contribution < 1.29 is 24.9 Å². The number of rotatable bonds is 3. The molecule has 0 aliphatic rings. The SMILES string of the molecule is CCc1cccc(OC(=O)c2cc(O)c(O)c(O)c2)c1. The van der Waals surface area contributed by atoms with Gasteiger partial charge < -0.3 is 20.1 Å². The lowest BCUT2D eigenvalue weighted by Gasteiger charge is -2.07. The molecule has 2 rings (SSSR count). The van der Waals surface area contributed by atoms with E-state index >= 15 is 0 Å². The minimum atomic E-state index is -0.733. The van der Waals surface area contributed by atoms with Crippen molar-refractivity contribution in [3.8, 4) is 23.0 Å². The lowest BCUT2D eigenvalue weighted by Crippen LogP contribution is -2.08. The van der Waals surface area contributed by atoms with Crippen molar-refractivity contribution in [2.45, 2.75) is 13.3 Å². The van der Waals surface area contributed by atoms with Crippen LogP contribution in [0.4, 0.5) is 0 Å². The first-order chi connectivity index (χ1) is 9.51. The van der Waals surface area contributed by atoms with Crippen molar-refractivity contribution in [2.24, 2.45) is 0 Å². The smallest absolute Gasteiger partial charge is 0.343 e. The fraction of sp³-hybridized carbons (Fsp3) is 0.133. The van der Waals surface area contributed by atoms with Gasteiger partial charge in [-0.1, -0.05) is 19.1 Å². The van der Waals surface area contributed by atoms with Gasteiger partial charge in [-0.15, -0.1) is 0 Å². The van der Waals surface area contributed by atoms with E-state index in [1.807, 2.05) is 13.0 Å². The second-order valence-corrected chi connectivity index (χ2v) is 4.25. The highest BCUT2D eigenvalue weighted by atomic mass is 16.5. The molecule has 0 radical (unpaired) electrons. The minimum Gasteiger partial charge on any atom is -0.504 e. The van der Waals surface area contributed by atoms with Gasteiger partial charge in [0, 0.05) is 0 Å². The van der Waals surface area contributed by atoms with E-state index in [4.69, 9.17) is 4.74 Å². The molecule has 0 aliphatic heterocycles. The summed E-state index contributed by atoms with van der Waals surface area (Å²) in [7, 11) is 0. The molecule has 5 heteroatoms. The number of phenolic OH excluding ortho intramolecular Hbond substituents is 3. The highest BCUT2D eigenvalue weighted by Gasteiger charge is 2.15. The molecule has 0 spiro atoms. The maximum absolute atomic E-state index is 11.9. The largest absolute Gasteiger partial charge is 0.504 e. The van der Waals surface area contributed by atoms with Crippen LogP contribution >= 0.6 is 0 Å². The lowest BCUT2D eigenvalue weighted by molar-refractivity contribution is 0.0733. The van der Waals surface area contributed by atoms with Crippen molar-refractivity contribution in [1.82, 2.24) is 0 Å². The van der Waals surface area contributed by atoms with E-state index in [0.717, 1.165) is 24.1 Å². The summed E-state index contributed by atoms with van der Waals surface area (Å²) in [5.41, 5.74) is 0.964. The molecule has 0 atom stereocenters. The molecular weight excluding hydrogens is 260 g/mol. The third kappa shape index (κ3) is 2.83. The zero-order chi connectivity index (χ0) is 14.7. The Balaban J connectivity index is 2.23. The fourth-order valence-corrected chi connectivity index (χ4v) is 1.72. The number of ether oxygens (including phenoxy) is 1. The highest BCUT2D eigenvalue weighted by Crippen LogP contribution is 2.35. The topological polar surface area (TPSA) is 87.0 Å². The summed E-state index contributed by atoms with van der Waals surface area (Å²) >= 11 is 0. The monoisotopic (exact) mass is 274 g/mol. The van der Waals surface area contributed by atoms with E-state index in [-0.39, 0.29) is 5.56 Å². The van der Waals surface area contributed by atoms with Gasteiger partial charge in [0.05, 0.1) is 5.56 Å². The maximum atomic E-state index is 11.9. The van der Waals surface area contributed by atoms with Gasteiger partial charge in [0.25, 0.3) is 0 Å². The van der Waals surface area contributed by atoms with Crippen LogP contribution in [0.2, 0.25) is 0 Å². The standard InChI is InChI=1S/C15H14O5/c1-2-9-4-3-5-11(6-9)20-15(19)10-7-12(16)14(18)13(17)8-10/h3-8,16-18H,2H2,1H3. The van der Waals surface area contributed by atoms with Crippen LogP contribution in [0.15, 0.2) is 36.4 Å². The number of aromatic hydroxyl groups is 3. The molecule has 0 fully saturated rings. The predicted molar refractivity (Wildman–Crippen MR) is 72.2 cm³/mol. The van der Waals surface area contributed by atoms with Crippen LogP contribution in [0.1, 0.15) is 22.8 Å². The van der Waals surface area contributed by atoms with Crippen LogP contribution < -0.4 is 4.74 Å². The normalized spacial score (nSPS) is 10.2. The molecule has 0 aliphatic carbocycles. The van der Waals surface area contributed by atoms with Gasteiger partial charge in [0.15, 0.2) is 17.2 Å². The quantitative estimate of drug-likeness (QED) is 0.455. The first kappa shape index (κ1) is 13.7. The summed E-state index contributed by atoms with van der Waals surface area (Å²) in [5, 5.41) is 27.9. The zero-order valence-corrected chi connectivity index (χ0v) is 10.8. The van der Waals surface area contributed by atoms with Crippen molar-refractivity contribution in [3.05, 3.63) is 47.5 Å². The van der Waals surface area contributed by atoms with Gasteiger partial charge in [0.1, 0.15) is 5.75 Å². The van der Waals surface area contributed by atoms with Gasteiger partial charge in [-0.2, -0.15) is 0 Å². The molecule has 0 bridgehead atoms. The molecule has 2 aromatic rings. The molecule has 5 nitrogen and oxygen atoms in total. The number of hydrogen-bond donors (Lipinski definition) is 3. The Morgan fingerprint density at radius 1 is 1.10 bits per heavy atom. The fourth-order valence-electron chi connectivity index (χ4n) is 1.72. The van der Waals surface area contributed by atoms with E-state index in [2.05, 4.69) is 0 Å². The Labute approximate surface area is 115 Å². The summed E-state index contributed by atoms with van der Waals surface area (Å²) in [4.78, 5) is 11.9. The van der Waals surface area contributed by atoms with E-state index in [1.165, 1.54) is 0 Å². The summed E-state index contributed by atoms with van der Waals surface area (Å²) < 4.78 is 5.15. The summed E-state index contributed by atoms with van der Waals surface area (Å²) in [6.07, 6.45) is 0.812. The number of aryl methyl sites for hydroxylation is 1. The first-order valence-corrected chi connectivity index (χ1v) is 6.07. The van der Waals surface area contributed by atoms with Gasteiger partial charge in [-0.25, -0.2) is 4.79 Å². The predicted octanol–water partition coefficient (Wildman–Crippen LogP) is 2.59. The summed E-state index contributed by atoms with van der Waals surface area (Å²) in [6, 6.07) is 9.11. The Morgan fingerprint density at radius 3 is 2.35 bits per heavy atom. The maximum Gasteiger partial charge on any atom is 0.343 e. The number of phenols is 3. The number of carbonyl (C=O) groups excluding carboxylic acids is 1. The van der Waals surface area contributed by atoms with Crippen molar-refractivity contribution in [1.29, 1.82) is 0 Å². The summed E-state index contributed by atoms with van der Waals surface area (Å²) in [6.45, 7) is 1.98. The second-order valence-electron chi connectivity index (χ2n) is 4.25. The molecule has 0 unspecified atom stereocenters. The number of esters is 1. The third-order valence-electron chi connectivity index (χ3n) is 2.82. The van der Waals surface area contributed by atoms with Crippen molar-refractivity contribution in [2.75, 3.05) is 0 Å². The average Bonchev–Trinajstić information content (AvgIpc) is 2.44. The van der Waals surface area contributed by atoms with E-state index < -0.39 is 23.2 Å². The summed E-state index contributed by atoms with van der Waals surface area (Å²) in [5.74, 6) is -2.20. The Bertz CT molecular complexity index is 625. The van der Waals surface area contributed by atoms with E-state index in [1.54, 1.807) is 18.2 Å². The molecule has 20 heavy (non-hydrogen) atoms. The van der Waals surface area contributed by atoms with Crippen molar-refractivity contribution >= 4 is 5.97 Å². The van der Waals surface area contributed by atoms with Gasteiger partial charge in [0.2, 0.25) is 0 Å². The van der Waals surface area contributed by atoms with Crippen LogP contribution in [-0.2, 0) is 6.42 Å². The molecular formula is C15H14O5. The Morgan fingerprint density at radius 2 is 1.75 bits per heavy atom. The average molecular weight is 274 g/mol. The van der Waals surface area contributed by atoms with Crippen LogP contribution in [0.3, 0.4) is 0 Å². The first-order valence-electron chi connectivity index (χ1n) is 6.07. The Hall–Kier alpha value is -2.69. The molecule has 0 saturated carbocycles. The number of benzene rings is 2. The van der Waals surface area contributed by atoms with Crippen LogP contribution in [-0.4, -0.2) is 21.3 Å². The van der Waals surface area contributed by atoms with E-state index in [0.29, 0.717) is 5.75 Å².